The molecule has 0 saturated carbocycles. The Morgan fingerprint density at radius 2 is 1.03 bits per heavy atom. The van der Waals surface area contributed by atoms with Crippen LogP contribution in [0.2, 0.25) is 0 Å². The third kappa shape index (κ3) is 17.5. The predicted octanol–water partition coefficient (Wildman–Crippen LogP) is 3.79. The molecule has 0 heterocycles. The molecule has 0 radical (unpaired) electrons. The molecule has 6 unspecified atom stereocenters. The van der Waals surface area contributed by atoms with Crippen LogP contribution >= 0.6 is 0 Å². The smallest absolute Gasteiger partial charge is 0.158 e. The molecule has 0 aliphatic rings. The Labute approximate surface area is 216 Å². The van der Waals surface area contributed by atoms with Gasteiger partial charge in [0.1, 0.15) is 11.6 Å². The first kappa shape index (κ1) is 34.4. The van der Waals surface area contributed by atoms with Crippen LogP contribution in [0.1, 0.15) is 79.1 Å². The Morgan fingerprint density at radius 1 is 0.686 bits per heavy atom. The van der Waals surface area contributed by atoms with E-state index in [9.17, 15) is 27.1 Å². The van der Waals surface area contributed by atoms with Crippen molar-refractivity contribution in [3.8, 4) is 0 Å². The van der Waals surface area contributed by atoms with Crippen LogP contribution in [0.4, 0.5) is 0 Å². The van der Waals surface area contributed by atoms with E-state index in [1.807, 2.05) is 13.8 Å². The van der Waals surface area contributed by atoms with E-state index in [0.717, 1.165) is 25.7 Å². The molecule has 0 fully saturated rings. The van der Waals surface area contributed by atoms with E-state index in [2.05, 4.69) is 0 Å². The number of hydrogen-bond donors (Lipinski definition) is 2. The SMILES string of the molecule is CCCCC(=O)CC(C)C(COCCOCCOCC(C(C)CC(=O)CCCC)S(=O)O)S(=O)O. The number of carbonyl (C=O) groups excluding carboxylic acids is 2. The molecule has 0 aromatic carbocycles. The number of rotatable bonds is 24. The standard InChI is InChI=1S/C24H46O9S2/c1-5-7-9-21(25)15-19(3)23(34(27)28)17-32-13-11-31-12-14-33-18-24(35(29)30)20(4)16-22(26)10-8-6-2/h19-20,23-24H,5-18H2,1-4H3,(H,27,28)(H,29,30). The molecular weight excluding hydrogens is 496 g/mol. The highest BCUT2D eigenvalue weighted by molar-refractivity contribution is 7.80. The van der Waals surface area contributed by atoms with E-state index < -0.39 is 32.7 Å². The van der Waals surface area contributed by atoms with Crippen LogP contribution in [0, 0.1) is 11.8 Å². The summed E-state index contributed by atoms with van der Waals surface area (Å²) in [5.41, 5.74) is 0. The van der Waals surface area contributed by atoms with Crippen LogP contribution in [0.5, 0.6) is 0 Å². The van der Waals surface area contributed by atoms with Crippen molar-refractivity contribution < 1.29 is 41.3 Å². The molecule has 0 aromatic rings. The number of carbonyl (C=O) groups is 2. The first-order chi connectivity index (χ1) is 16.6. The van der Waals surface area contributed by atoms with Gasteiger partial charge in [0.05, 0.1) is 50.1 Å². The maximum atomic E-state index is 11.9. The van der Waals surface area contributed by atoms with Crippen LogP contribution < -0.4 is 0 Å². The van der Waals surface area contributed by atoms with Gasteiger partial charge in [-0.15, -0.1) is 0 Å². The average molecular weight is 543 g/mol. The second-order valence-electron chi connectivity index (χ2n) is 9.04. The largest absolute Gasteiger partial charge is 0.378 e. The van der Waals surface area contributed by atoms with Gasteiger partial charge < -0.3 is 23.3 Å². The molecule has 0 rings (SSSR count). The van der Waals surface area contributed by atoms with Gasteiger partial charge in [0.25, 0.3) is 0 Å². The van der Waals surface area contributed by atoms with Gasteiger partial charge in [0.2, 0.25) is 0 Å². The summed E-state index contributed by atoms with van der Waals surface area (Å²) in [6.45, 7) is 8.69. The Kier molecular flexibility index (Phi) is 21.2. The summed E-state index contributed by atoms with van der Waals surface area (Å²) in [5.74, 6) is -0.312. The Morgan fingerprint density at radius 3 is 1.34 bits per heavy atom. The number of hydrogen-bond acceptors (Lipinski definition) is 7. The van der Waals surface area contributed by atoms with Crippen LogP contribution in [0.15, 0.2) is 0 Å². The lowest BCUT2D eigenvalue weighted by Crippen LogP contribution is -2.31. The molecule has 6 atom stereocenters. The third-order valence-electron chi connectivity index (χ3n) is 5.81. The first-order valence-corrected chi connectivity index (χ1v) is 14.9. The number of ether oxygens (including phenoxy) is 3. The second-order valence-corrected chi connectivity index (χ2v) is 11.4. The fraction of sp³-hybridized carbons (Fsp3) is 0.917. The maximum absolute atomic E-state index is 11.9. The van der Waals surface area contributed by atoms with Crippen molar-refractivity contribution in [3.63, 3.8) is 0 Å². The summed E-state index contributed by atoms with van der Waals surface area (Å²) in [6.07, 6.45) is 5.03. The van der Waals surface area contributed by atoms with E-state index in [4.69, 9.17) is 14.2 Å². The highest BCUT2D eigenvalue weighted by atomic mass is 32.2. The summed E-state index contributed by atoms with van der Waals surface area (Å²) < 4.78 is 58.8. The van der Waals surface area contributed by atoms with Gasteiger partial charge in [-0.2, -0.15) is 0 Å². The van der Waals surface area contributed by atoms with Gasteiger partial charge in [-0.25, -0.2) is 8.42 Å². The zero-order valence-corrected chi connectivity index (χ0v) is 23.4. The average Bonchev–Trinajstić information content (AvgIpc) is 2.79. The molecule has 0 saturated heterocycles. The lowest BCUT2D eigenvalue weighted by molar-refractivity contribution is -0.120. The maximum Gasteiger partial charge on any atom is 0.158 e. The molecule has 0 amide bonds. The van der Waals surface area contributed by atoms with Gasteiger partial charge >= 0.3 is 0 Å². The zero-order chi connectivity index (χ0) is 26.6. The van der Waals surface area contributed by atoms with Crippen LogP contribution in [0.25, 0.3) is 0 Å². The van der Waals surface area contributed by atoms with Gasteiger partial charge in [0.15, 0.2) is 22.2 Å². The van der Waals surface area contributed by atoms with Crippen molar-refractivity contribution in [1.29, 1.82) is 0 Å². The lowest BCUT2D eigenvalue weighted by atomic mass is 9.98. The molecule has 11 heteroatoms. The fourth-order valence-electron chi connectivity index (χ4n) is 3.51. The number of unbranched alkanes of at least 4 members (excludes halogenated alkanes) is 2. The molecule has 9 nitrogen and oxygen atoms in total. The Balaban J connectivity index is 4.10. The molecule has 0 bridgehead atoms. The van der Waals surface area contributed by atoms with Crippen LogP contribution in [-0.4, -0.2) is 79.2 Å². The molecule has 0 aliphatic heterocycles. The second kappa shape index (κ2) is 21.5. The summed E-state index contributed by atoms with van der Waals surface area (Å²) in [6, 6.07) is 0. The summed E-state index contributed by atoms with van der Waals surface area (Å²) >= 11 is -4.18. The minimum Gasteiger partial charge on any atom is -0.378 e. The van der Waals surface area contributed by atoms with E-state index in [1.54, 1.807) is 13.8 Å². The van der Waals surface area contributed by atoms with Crippen molar-refractivity contribution in [2.45, 2.75) is 89.6 Å². The number of Topliss-reactive ketones (excluding diaryl/α,β-unsaturated/α-hetero) is 2. The van der Waals surface area contributed by atoms with E-state index >= 15 is 0 Å². The van der Waals surface area contributed by atoms with Crippen molar-refractivity contribution in [3.05, 3.63) is 0 Å². The Bertz CT molecular complexity index is 578. The van der Waals surface area contributed by atoms with Crippen molar-refractivity contribution in [2.24, 2.45) is 11.8 Å². The van der Waals surface area contributed by atoms with Crippen molar-refractivity contribution >= 4 is 33.7 Å². The highest BCUT2D eigenvalue weighted by Crippen LogP contribution is 2.17. The topological polar surface area (TPSA) is 136 Å². The highest BCUT2D eigenvalue weighted by Gasteiger charge is 2.26. The third-order valence-corrected chi connectivity index (χ3v) is 8.05. The van der Waals surface area contributed by atoms with Crippen LogP contribution in [0.3, 0.4) is 0 Å². The first-order valence-electron chi connectivity index (χ1n) is 12.6. The predicted molar refractivity (Wildman–Crippen MR) is 138 cm³/mol. The molecule has 208 valence electrons. The zero-order valence-electron chi connectivity index (χ0n) is 21.8. The normalized spacial score (nSPS) is 16.9. The van der Waals surface area contributed by atoms with E-state index in [0.29, 0.717) is 12.8 Å². The summed E-state index contributed by atoms with van der Waals surface area (Å²) in [7, 11) is 0. The van der Waals surface area contributed by atoms with Gasteiger partial charge in [-0.3, -0.25) is 9.59 Å². The van der Waals surface area contributed by atoms with Crippen molar-refractivity contribution in [2.75, 3.05) is 39.6 Å². The molecular formula is C24H46O9S2. The fourth-order valence-corrected chi connectivity index (χ4v) is 4.92. The minimum atomic E-state index is -2.09. The lowest BCUT2D eigenvalue weighted by Gasteiger charge is -2.20. The monoisotopic (exact) mass is 542 g/mol. The molecule has 0 aliphatic carbocycles. The van der Waals surface area contributed by atoms with E-state index in [1.165, 1.54) is 0 Å². The number of ketones is 2. The summed E-state index contributed by atoms with van der Waals surface area (Å²) in [5, 5.41) is -1.29. The Hall–Kier alpha value is -0.560. The molecule has 2 N–H and O–H groups in total. The van der Waals surface area contributed by atoms with Gasteiger partial charge in [0, 0.05) is 25.7 Å². The quantitative estimate of drug-likeness (QED) is 0.138. The van der Waals surface area contributed by atoms with Gasteiger partial charge in [-0.05, 0) is 24.7 Å². The van der Waals surface area contributed by atoms with Gasteiger partial charge in [-0.1, -0.05) is 40.5 Å². The molecule has 0 spiro atoms. The molecule has 35 heavy (non-hydrogen) atoms. The van der Waals surface area contributed by atoms with Crippen LogP contribution in [-0.2, 0) is 46.0 Å². The summed E-state index contributed by atoms with van der Waals surface area (Å²) in [4.78, 5) is 23.9. The van der Waals surface area contributed by atoms with E-state index in [-0.39, 0.29) is 75.9 Å². The van der Waals surface area contributed by atoms with Crippen molar-refractivity contribution in [1.82, 2.24) is 0 Å². The molecule has 0 aromatic heterocycles. The minimum absolute atomic E-state index is 0.0596.